The zero-order chi connectivity index (χ0) is 17.8. The van der Waals surface area contributed by atoms with Crippen molar-refractivity contribution in [3.63, 3.8) is 0 Å². The number of nitro groups is 1. The second kappa shape index (κ2) is 7.44. The average molecular weight is 339 g/mol. The molecule has 1 atom stereocenters. The van der Waals surface area contributed by atoms with Crippen LogP contribution in [0.4, 0.5) is 5.69 Å². The van der Waals surface area contributed by atoms with Crippen molar-refractivity contribution < 1.29 is 9.72 Å². The third-order valence-corrected chi connectivity index (χ3v) is 4.68. The molecule has 0 aliphatic carbocycles. The lowest BCUT2D eigenvalue weighted by atomic mass is 9.99. The van der Waals surface area contributed by atoms with E-state index < -0.39 is 4.92 Å². The van der Waals surface area contributed by atoms with Gasteiger partial charge in [-0.25, -0.2) is 0 Å². The largest absolute Gasteiger partial charge is 0.350 e. The molecule has 6 heteroatoms. The lowest BCUT2D eigenvalue weighted by Gasteiger charge is -2.33. The molecule has 3 rings (SSSR count). The van der Waals surface area contributed by atoms with Gasteiger partial charge in [0.25, 0.3) is 11.6 Å². The minimum Gasteiger partial charge on any atom is -0.350 e. The van der Waals surface area contributed by atoms with Crippen LogP contribution in [0.1, 0.15) is 28.4 Å². The van der Waals surface area contributed by atoms with Gasteiger partial charge in [0.2, 0.25) is 0 Å². The molecule has 0 spiro atoms. The molecule has 0 aromatic heterocycles. The summed E-state index contributed by atoms with van der Waals surface area (Å²) in [6.07, 6.45) is 1.02. The van der Waals surface area contributed by atoms with Crippen LogP contribution in [0.2, 0.25) is 0 Å². The Morgan fingerprint density at radius 1 is 1.20 bits per heavy atom. The number of nitrogens with zero attached hydrogens (tertiary/aromatic N) is 2. The van der Waals surface area contributed by atoms with E-state index in [1.54, 1.807) is 0 Å². The van der Waals surface area contributed by atoms with E-state index in [9.17, 15) is 14.9 Å². The highest BCUT2D eigenvalue weighted by Crippen LogP contribution is 2.20. The fraction of sp³-hybridized carbons (Fsp3) is 0.316. The lowest BCUT2D eigenvalue weighted by Crippen LogP contribution is -2.44. The molecule has 130 valence electrons. The second-order valence-electron chi connectivity index (χ2n) is 6.35. The number of amides is 1. The molecule has 1 aliphatic heterocycles. The van der Waals surface area contributed by atoms with Gasteiger partial charge >= 0.3 is 0 Å². The summed E-state index contributed by atoms with van der Waals surface area (Å²) < 4.78 is 0. The van der Waals surface area contributed by atoms with Crippen LogP contribution < -0.4 is 5.32 Å². The van der Waals surface area contributed by atoms with Crippen molar-refractivity contribution in [1.82, 2.24) is 10.2 Å². The SMILES string of the molecule is CC(CNC(=O)c1ccc([N+](=O)[O-])cc1)N1CCc2ccccc2C1. The maximum Gasteiger partial charge on any atom is 0.269 e. The quantitative estimate of drug-likeness (QED) is 0.671. The van der Waals surface area contributed by atoms with Crippen molar-refractivity contribution in [2.75, 3.05) is 13.1 Å². The van der Waals surface area contributed by atoms with Crippen LogP contribution in [-0.2, 0) is 13.0 Å². The summed E-state index contributed by atoms with van der Waals surface area (Å²) in [6, 6.07) is 14.3. The first-order valence-corrected chi connectivity index (χ1v) is 8.38. The molecule has 0 fully saturated rings. The molecule has 1 aliphatic rings. The van der Waals surface area contributed by atoms with E-state index in [1.165, 1.54) is 35.4 Å². The molecule has 2 aromatic carbocycles. The molecule has 25 heavy (non-hydrogen) atoms. The normalized spacial score (nSPS) is 15.2. The van der Waals surface area contributed by atoms with Crippen LogP contribution >= 0.6 is 0 Å². The van der Waals surface area contributed by atoms with Gasteiger partial charge in [0, 0.05) is 43.4 Å². The Morgan fingerprint density at radius 3 is 2.56 bits per heavy atom. The minimum absolute atomic E-state index is 0.0168. The van der Waals surface area contributed by atoms with Crippen LogP contribution in [0.5, 0.6) is 0 Å². The molecular formula is C19H21N3O3. The van der Waals surface area contributed by atoms with Gasteiger partial charge in [-0.1, -0.05) is 24.3 Å². The fourth-order valence-electron chi connectivity index (χ4n) is 3.10. The Kier molecular flexibility index (Phi) is 5.09. The topological polar surface area (TPSA) is 75.5 Å². The number of nitro benzene ring substituents is 1. The first-order chi connectivity index (χ1) is 12.0. The molecular weight excluding hydrogens is 318 g/mol. The number of carbonyl (C=O) groups is 1. The smallest absolute Gasteiger partial charge is 0.269 e. The second-order valence-corrected chi connectivity index (χ2v) is 6.35. The highest BCUT2D eigenvalue weighted by atomic mass is 16.6. The van der Waals surface area contributed by atoms with Gasteiger partial charge < -0.3 is 5.32 Å². The van der Waals surface area contributed by atoms with Crippen LogP contribution in [0.15, 0.2) is 48.5 Å². The van der Waals surface area contributed by atoms with Crippen molar-refractivity contribution in [3.8, 4) is 0 Å². The maximum atomic E-state index is 12.2. The summed E-state index contributed by atoms with van der Waals surface area (Å²) in [5, 5.41) is 13.6. The molecule has 0 saturated carbocycles. The van der Waals surface area contributed by atoms with Crippen molar-refractivity contribution >= 4 is 11.6 Å². The Hall–Kier alpha value is -2.73. The molecule has 1 heterocycles. The van der Waals surface area contributed by atoms with E-state index in [0.717, 1.165) is 19.5 Å². The standard InChI is InChI=1S/C19H21N3O3/c1-14(21-11-10-15-4-2-3-5-17(15)13-21)12-20-19(23)16-6-8-18(9-7-16)22(24)25/h2-9,14H,10-13H2,1H3,(H,20,23). The Bertz CT molecular complexity index is 774. The Labute approximate surface area is 146 Å². The van der Waals surface area contributed by atoms with E-state index in [1.807, 2.05) is 0 Å². The Balaban J connectivity index is 1.54. The van der Waals surface area contributed by atoms with Crippen molar-refractivity contribution in [2.45, 2.75) is 25.9 Å². The average Bonchev–Trinajstić information content (AvgIpc) is 2.65. The monoisotopic (exact) mass is 339 g/mol. The van der Waals surface area contributed by atoms with Crippen molar-refractivity contribution in [3.05, 3.63) is 75.3 Å². The minimum atomic E-state index is -0.474. The van der Waals surface area contributed by atoms with Gasteiger partial charge in [0.1, 0.15) is 0 Å². The van der Waals surface area contributed by atoms with E-state index in [4.69, 9.17) is 0 Å². The van der Waals surface area contributed by atoms with Gasteiger partial charge in [-0.15, -0.1) is 0 Å². The highest BCUT2D eigenvalue weighted by molar-refractivity contribution is 5.94. The summed E-state index contributed by atoms with van der Waals surface area (Å²) in [6.45, 7) is 4.51. The number of rotatable bonds is 5. The number of non-ortho nitro benzene ring substituents is 1. The Morgan fingerprint density at radius 2 is 1.88 bits per heavy atom. The third-order valence-electron chi connectivity index (χ3n) is 4.68. The number of benzene rings is 2. The van der Waals surface area contributed by atoms with Crippen molar-refractivity contribution in [1.29, 1.82) is 0 Å². The third kappa shape index (κ3) is 4.03. The van der Waals surface area contributed by atoms with E-state index in [0.29, 0.717) is 12.1 Å². The number of fused-ring (bicyclic) bond motifs is 1. The zero-order valence-electron chi connectivity index (χ0n) is 14.1. The van der Waals surface area contributed by atoms with Crippen LogP contribution in [0.25, 0.3) is 0 Å². The number of hydrogen-bond acceptors (Lipinski definition) is 4. The van der Waals surface area contributed by atoms with Gasteiger partial charge in [-0.2, -0.15) is 0 Å². The summed E-state index contributed by atoms with van der Waals surface area (Å²) in [7, 11) is 0. The van der Waals surface area contributed by atoms with Crippen molar-refractivity contribution in [2.24, 2.45) is 0 Å². The van der Waals surface area contributed by atoms with E-state index in [-0.39, 0.29) is 17.6 Å². The highest BCUT2D eigenvalue weighted by Gasteiger charge is 2.21. The molecule has 0 saturated heterocycles. The zero-order valence-corrected chi connectivity index (χ0v) is 14.1. The molecule has 1 unspecified atom stereocenters. The molecule has 0 radical (unpaired) electrons. The van der Waals surface area contributed by atoms with Gasteiger partial charge in [0.15, 0.2) is 0 Å². The van der Waals surface area contributed by atoms with Gasteiger partial charge in [0.05, 0.1) is 4.92 Å². The van der Waals surface area contributed by atoms with Crippen LogP contribution in [0.3, 0.4) is 0 Å². The molecule has 0 bridgehead atoms. The number of nitrogens with one attached hydrogen (secondary N) is 1. The predicted octanol–water partition coefficient (Wildman–Crippen LogP) is 2.77. The molecule has 1 amide bonds. The maximum absolute atomic E-state index is 12.2. The van der Waals surface area contributed by atoms with Crippen LogP contribution in [0, 0.1) is 10.1 Å². The predicted molar refractivity (Wildman–Crippen MR) is 95.4 cm³/mol. The molecule has 1 N–H and O–H groups in total. The molecule has 2 aromatic rings. The number of carbonyl (C=O) groups excluding carboxylic acids is 1. The lowest BCUT2D eigenvalue weighted by molar-refractivity contribution is -0.384. The molecule has 6 nitrogen and oxygen atoms in total. The first-order valence-electron chi connectivity index (χ1n) is 8.38. The van der Waals surface area contributed by atoms with Gasteiger partial charge in [-0.05, 0) is 36.6 Å². The summed E-state index contributed by atoms with van der Waals surface area (Å²) in [4.78, 5) is 24.8. The van der Waals surface area contributed by atoms with E-state index >= 15 is 0 Å². The van der Waals surface area contributed by atoms with Crippen LogP contribution in [-0.4, -0.2) is 34.9 Å². The summed E-state index contributed by atoms with van der Waals surface area (Å²) in [5.74, 6) is -0.209. The van der Waals surface area contributed by atoms with E-state index in [2.05, 4.69) is 41.4 Å². The number of hydrogen-bond donors (Lipinski definition) is 1. The first kappa shape index (κ1) is 17.1. The summed E-state index contributed by atoms with van der Waals surface area (Å²) >= 11 is 0. The fourth-order valence-corrected chi connectivity index (χ4v) is 3.10. The summed E-state index contributed by atoms with van der Waals surface area (Å²) in [5.41, 5.74) is 3.17. The van der Waals surface area contributed by atoms with Gasteiger partial charge in [-0.3, -0.25) is 19.8 Å².